The molecule has 1 unspecified atom stereocenters. The zero-order valence-corrected chi connectivity index (χ0v) is 11.0. The summed E-state index contributed by atoms with van der Waals surface area (Å²) in [4.78, 5) is 11.6. The van der Waals surface area contributed by atoms with Gasteiger partial charge in [-0.2, -0.15) is 0 Å². The second kappa shape index (κ2) is 6.69. The number of anilines is 1. The molecular weight excluding hydrogens is 261 g/mol. The van der Waals surface area contributed by atoms with Crippen LogP contribution in [0.15, 0.2) is 18.2 Å². The van der Waals surface area contributed by atoms with E-state index in [0.717, 1.165) is 6.42 Å². The van der Waals surface area contributed by atoms with E-state index < -0.39 is 0 Å². The second-order valence-corrected chi connectivity index (χ2v) is 4.38. The lowest BCUT2D eigenvalue weighted by Gasteiger charge is -2.15. The standard InChI is InChI=1S/C11H15Cl2N3O/c1-2-7(6-14)15-11(17)16-8-3-4-9(12)10(13)5-8/h3-5,7H,2,6,14H2,1H3,(H2,15,16,17). The highest BCUT2D eigenvalue weighted by atomic mass is 35.5. The fraction of sp³-hybridized carbons (Fsp3) is 0.364. The van der Waals surface area contributed by atoms with Gasteiger partial charge in [0.1, 0.15) is 0 Å². The zero-order valence-electron chi connectivity index (χ0n) is 9.47. The molecule has 1 rings (SSSR count). The van der Waals surface area contributed by atoms with Gasteiger partial charge in [0.25, 0.3) is 0 Å². The lowest BCUT2D eigenvalue weighted by molar-refractivity contribution is 0.248. The minimum absolute atomic E-state index is 0.0298. The van der Waals surface area contributed by atoms with E-state index >= 15 is 0 Å². The number of hydrogen-bond donors (Lipinski definition) is 3. The number of rotatable bonds is 4. The predicted octanol–water partition coefficient (Wildman–Crippen LogP) is 2.85. The minimum atomic E-state index is -0.305. The molecule has 94 valence electrons. The van der Waals surface area contributed by atoms with Crippen LogP contribution in [0.5, 0.6) is 0 Å². The third-order valence-corrected chi connectivity index (χ3v) is 3.03. The molecule has 4 N–H and O–H groups in total. The summed E-state index contributed by atoms with van der Waals surface area (Å²) in [5, 5.41) is 6.26. The highest BCUT2D eigenvalue weighted by Gasteiger charge is 2.08. The molecule has 0 aliphatic carbocycles. The van der Waals surface area contributed by atoms with Crippen molar-refractivity contribution in [3.63, 3.8) is 0 Å². The zero-order chi connectivity index (χ0) is 12.8. The van der Waals surface area contributed by atoms with Gasteiger partial charge in [0, 0.05) is 18.3 Å². The van der Waals surface area contributed by atoms with Crippen LogP contribution in [0.4, 0.5) is 10.5 Å². The Balaban J connectivity index is 2.58. The smallest absolute Gasteiger partial charge is 0.319 e. The number of carbonyl (C=O) groups is 1. The van der Waals surface area contributed by atoms with E-state index in [1.165, 1.54) is 0 Å². The highest BCUT2D eigenvalue weighted by Crippen LogP contribution is 2.24. The van der Waals surface area contributed by atoms with E-state index in [4.69, 9.17) is 28.9 Å². The average molecular weight is 276 g/mol. The molecule has 4 nitrogen and oxygen atoms in total. The minimum Gasteiger partial charge on any atom is -0.334 e. The first-order valence-electron chi connectivity index (χ1n) is 5.29. The first kappa shape index (κ1) is 14.1. The van der Waals surface area contributed by atoms with Crippen molar-refractivity contribution >= 4 is 34.9 Å². The number of benzene rings is 1. The van der Waals surface area contributed by atoms with E-state index in [2.05, 4.69) is 10.6 Å². The molecule has 6 heteroatoms. The van der Waals surface area contributed by atoms with Crippen molar-refractivity contribution in [3.05, 3.63) is 28.2 Å². The maximum absolute atomic E-state index is 11.6. The van der Waals surface area contributed by atoms with E-state index in [0.29, 0.717) is 22.3 Å². The Morgan fingerprint density at radius 2 is 2.12 bits per heavy atom. The molecule has 2 amide bonds. The number of urea groups is 1. The fourth-order valence-corrected chi connectivity index (χ4v) is 1.55. The van der Waals surface area contributed by atoms with Crippen LogP contribution in [0, 0.1) is 0 Å². The van der Waals surface area contributed by atoms with Crippen molar-refractivity contribution in [3.8, 4) is 0 Å². The van der Waals surface area contributed by atoms with Gasteiger partial charge < -0.3 is 16.4 Å². The second-order valence-electron chi connectivity index (χ2n) is 3.57. The monoisotopic (exact) mass is 275 g/mol. The van der Waals surface area contributed by atoms with Crippen LogP contribution < -0.4 is 16.4 Å². The van der Waals surface area contributed by atoms with Crippen molar-refractivity contribution in [2.45, 2.75) is 19.4 Å². The van der Waals surface area contributed by atoms with Gasteiger partial charge in [0.15, 0.2) is 0 Å². The quantitative estimate of drug-likeness (QED) is 0.791. The van der Waals surface area contributed by atoms with Gasteiger partial charge in [-0.05, 0) is 24.6 Å². The maximum atomic E-state index is 11.6. The summed E-state index contributed by atoms with van der Waals surface area (Å²) in [5.74, 6) is 0. The average Bonchev–Trinajstić information content (AvgIpc) is 2.31. The number of nitrogens with one attached hydrogen (secondary N) is 2. The Hall–Kier alpha value is -0.970. The Morgan fingerprint density at radius 3 is 2.65 bits per heavy atom. The van der Waals surface area contributed by atoms with Crippen molar-refractivity contribution in [1.29, 1.82) is 0 Å². The lowest BCUT2D eigenvalue weighted by atomic mass is 10.2. The number of amides is 2. The van der Waals surface area contributed by atoms with Crippen LogP contribution >= 0.6 is 23.2 Å². The molecule has 0 bridgehead atoms. The summed E-state index contributed by atoms with van der Waals surface area (Å²) in [7, 11) is 0. The molecule has 17 heavy (non-hydrogen) atoms. The summed E-state index contributed by atoms with van der Waals surface area (Å²) in [5.41, 5.74) is 6.07. The van der Waals surface area contributed by atoms with Gasteiger partial charge in [-0.3, -0.25) is 0 Å². The summed E-state index contributed by atoms with van der Waals surface area (Å²) in [6.07, 6.45) is 0.783. The van der Waals surface area contributed by atoms with E-state index in [1.807, 2.05) is 6.92 Å². The topological polar surface area (TPSA) is 67.1 Å². The lowest BCUT2D eigenvalue weighted by Crippen LogP contribution is -2.41. The van der Waals surface area contributed by atoms with Gasteiger partial charge in [-0.1, -0.05) is 30.1 Å². The number of halogens is 2. The summed E-state index contributed by atoms with van der Waals surface area (Å²) in [6.45, 7) is 2.36. The van der Waals surface area contributed by atoms with Crippen molar-refractivity contribution in [1.82, 2.24) is 5.32 Å². The molecule has 0 saturated carbocycles. The predicted molar refractivity (Wildman–Crippen MR) is 71.7 cm³/mol. The third kappa shape index (κ3) is 4.42. The van der Waals surface area contributed by atoms with E-state index in [9.17, 15) is 4.79 Å². The molecule has 0 fully saturated rings. The SMILES string of the molecule is CCC(CN)NC(=O)Nc1ccc(Cl)c(Cl)c1. The Bertz CT molecular complexity index is 394. The molecule has 1 aromatic carbocycles. The van der Waals surface area contributed by atoms with Crippen LogP contribution in [-0.2, 0) is 0 Å². The van der Waals surface area contributed by atoms with Crippen molar-refractivity contribution in [2.24, 2.45) is 5.73 Å². The van der Waals surface area contributed by atoms with Gasteiger partial charge >= 0.3 is 6.03 Å². The molecule has 0 aliphatic heterocycles. The summed E-state index contributed by atoms with van der Waals surface area (Å²) >= 11 is 11.6. The Kier molecular flexibility index (Phi) is 5.55. The molecule has 0 saturated heterocycles. The summed E-state index contributed by atoms with van der Waals surface area (Å²) < 4.78 is 0. The molecular formula is C11H15Cl2N3O. The molecule has 0 radical (unpaired) electrons. The number of nitrogens with two attached hydrogens (primary N) is 1. The third-order valence-electron chi connectivity index (χ3n) is 2.29. The van der Waals surface area contributed by atoms with E-state index in [-0.39, 0.29) is 12.1 Å². The fourth-order valence-electron chi connectivity index (χ4n) is 1.25. The maximum Gasteiger partial charge on any atom is 0.319 e. The number of carbonyl (C=O) groups excluding carboxylic acids is 1. The molecule has 0 spiro atoms. The largest absolute Gasteiger partial charge is 0.334 e. The van der Waals surface area contributed by atoms with E-state index in [1.54, 1.807) is 18.2 Å². The Morgan fingerprint density at radius 1 is 1.41 bits per heavy atom. The first-order valence-corrected chi connectivity index (χ1v) is 6.05. The van der Waals surface area contributed by atoms with Crippen LogP contribution in [0.1, 0.15) is 13.3 Å². The van der Waals surface area contributed by atoms with Gasteiger partial charge in [-0.25, -0.2) is 4.79 Å². The first-order chi connectivity index (χ1) is 8.06. The molecule has 0 aromatic heterocycles. The summed E-state index contributed by atoms with van der Waals surface area (Å²) in [6, 6.07) is 4.56. The Labute approximate surface area is 110 Å². The number of hydrogen-bond acceptors (Lipinski definition) is 2. The van der Waals surface area contributed by atoms with Crippen LogP contribution in [0.3, 0.4) is 0 Å². The van der Waals surface area contributed by atoms with Gasteiger partial charge in [-0.15, -0.1) is 0 Å². The van der Waals surface area contributed by atoms with Crippen LogP contribution in [0.2, 0.25) is 10.0 Å². The van der Waals surface area contributed by atoms with Crippen molar-refractivity contribution in [2.75, 3.05) is 11.9 Å². The molecule has 0 aliphatic rings. The van der Waals surface area contributed by atoms with Crippen LogP contribution in [-0.4, -0.2) is 18.6 Å². The highest BCUT2D eigenvalue weighted by molar-refractivity contribution is 6.42. The molecule has 1 aromatic rings. The normalized spacial score (nSPS) is 12.0. The molecule has 1 atom stereocenters. The van der Waals surface area contributed by atoms with Crippen molar-refractivity contribution < 1.29 is 4.79 Å². The van der Waals surface area contributed by atoms with Gasteiger partial charge in [0.2, 0.25) is 0 Å². The van der Waals surface area contributed by atoms with Gasteiger partial charge in [0.05, 0.1) is 10.0 Å². The molecule has 0 heterocycles. The van der Waals surface area contributed by atoms with Crippen LogP contribution in [0.25, 0.3) is 0 Å².